The van der Waals surface area contributed by atoms with Crippen LogP contribution in [0.3, 0.4) is 0 Å². The Hall–Kier alpha value is -1.91. The summed E-state index contributed by atoms with van der Waals surface area (Å²) in [5.74, 6) is -0.855. The normalized spacial score (nSPS) is 14.3. The topological polar surface area (TPSA) is 71.1 Å². The van der Waals surface area contributed by atoms with Gasteiger partial charge in [-0.1, -0.05) is 6.07 Å². The van der Waals surface area contributed by atoms with Crippen LogP contribution >= 0.6 is 0 Å². The maximum atomic E-state index is 11.4. The Morgan fingerprint density at radius 3 is 2.69 bits per heavy atom. The lowest BCUT2D eigenvalue weighted by molar-refractivity contribution is -0.136. The number of nitrogens with zero attached hydrogens (tertiary/aromatic N) is 1. The molecule has 0 aliphatic heterocycles. The van der Waals surface area contributed by atoms with Crippen molar-refractivity contribution in [2.75, 3.05) is 5.32 Å². The number of carbonyl (C=O) groups excluding carboxylic acids is 2. The van der Waals surface area contributed by atoms with Crippen LogP contribution in [0, 0.1) is 6.92 Å². The summed E-state index contributed by atoms with van der Waals surface area (Å²) in [4.78, 5) is 26.8. The second-order valence-electron chi connectivity index (χ2n) is 3.87. The van der Waals surface area contributed by atoms with E-state index in [1.54, 1.807) is 12.1 Å². The van der Waals surface area contributed by atoms with E-state index in [-0.39, 0.29) is 6.04 Å². The summed E-state index contributed by atoms with van der Waals surface area (Å²) in [6, 6.07) is 5.43. The van der Waals surface area contributed by atoms with E-state index in [0.29, 0.717) is 5.82 Å². The van der Waals surface area contributed by atoms with Crippen molar-refractivity contribution in [3.8, 4) is 0 Å². The lowest BCUT2D eigenvalue weighted by Gasteiger charge is -2.05. The Labute approximate surface area is 93.3 Å². The maximum absolute atomic E-state index is 11.4. The number of amides is 2. The molecule has 84 valence electrons. The van der Waals surface area contributed by atoms with Crippen molar-refractivity contribution < 1.29 is 9.59 Å². The Morgan fingerprint density at radius 2 is 2.06 bits per heavy atom. The van der Waals surface area contributed by atoms with Crippen molar-refractivity contribution >= 4 is 17.6 Å². The van der Waals surface area contributed by atoms with E-state index in [2.05, 4.69) is 15.6 Å². The summed E-state index contributed by atoms with van der Waals surface area (Å²) >= 11 is 0. The van der Waals surface area contributed by atoms with Gasteiger partial charge in [0.1, 0.15) is 5.82 Å². The molecule has 0 saturated heterocycles. The highest BCUT2D eigenvalue weighted by Crippen LogP contribution is 2.18. The van der Waals surface area contributed by atoms with Crippen LogP contribution in [0.25, 0.3) is 0 Å². The predicted octanol–water partition coefficient (Wildman–Crippen LogP) is 0.607. The molecule has 2 rings (SSSR count). The molecule has 0 atom stereocenters. The SMILES string of the molecule is Cc1cccc(NC(=O)C(=O)NC2CC2)n1. The monoisotopic (exact) mass is 219 g/mol. The molecule has 0 unspecified atom stereocenters. The lowest BCUT2D eigenvalue weighted by atomic mass is 10.3. The summed E-state index contributed by atoms with van der Waals surface area (Å²) in [5, 5.41) is 5.06. The van der Waals surface area contributed by atoms with E-state index in [0.717, 1.165) is 18.5 Å². The van der Waals surface area contributed by atoms with Crippen LogP contribution < -0.4 is 10.6 Å². The number of hydrogen-bond acceptors (Lipinski definition) is 3. The van der Waals surface area contributed by atoms with Crippen LogP contribution in [0.5, 0.6) is 0 Å². The van der Waals surface area contributed by atoms with Crippen molar-refractivity contribution in [1.82, 2.24) is 10.3 Å². The van der Waals surface area contributed by atoms with Crippen LogP contribution in [-0.2, 0) is 9.59 Å². The third kappa shape index (κ3) is 2.79. The Morgan fingerprint density at radius 1 is 1.31 bits per heavy atom. The number of pyridine rings is 1. The van der Waals surface area contributed by atoms with Crippen molar-refractivity contribution in [2.24, 2.45) is 0 Å². The second kappa shape index (κ2) is 4.30. The first-order chi connectivity index (χ1) is 7.65. The zero-order valence-corrected chi connectivity index (χ0v) is 8.99. The minimum atomic E-state index is -0.662. The minimum absolute atomic E-state index is 0.184. The molecule has 1 heterocycles. The summed E-state index contributed by atoms with van der Waals surface area (Å²) in [7, 11) is 0. The van der Waals surface area contributed by atoms with Gasteiger partial charge in [0.05, 0.1) is 0 Å². The first kappa shape index (κ1) is 10.6. The molecule has 1 aliphatic rings. The van der Waals surface area contributed by atoms with Crippen LogP contribution in [0.1, 0.15) is 18.5 Å². The van der Waals surface area contributed by atoms with Gasteiger partial charge in [0.25, 0.3) is 0 Å². The van der Waals surface area contributed by atoms with Crippen LogP contribution in [0.15, 0.2) is 18.2 Å². The Kier molecular flexibility index (Phi) is 2.85. The largest absolute Gasteiger partial charge is 0.345 e. The average molecular weight is 219 g/mol. The average Bonchev–Trinajstić information content (AvgIpc) is 3.01. The zero-order valence-electron chi connectivity index (χ0n) is 8.99. The van der Waals surface area contributed by atoms with Crippen molar-refractivity contribution in [2.45, 2.75) is 25.8 Å². The van der Waals surface area contributed by atoms with E-state index >= 15 is 0 Å². The van der Waals surface area contributed by atoms with Gasteiger partial charge in [-0.25, -0.2) is 4.98 Å². The van der Waals surface area contributed by atoms with Gasteiger partial charge in [0.2, 0.25) is 0 Å². The van der Waals surface area contributed by atoms with Gasteiger partial charge >= 0.3 is 11.8 Å². The highest BCUT2D eigenvalue weighted by molar-refractivity contribution is 6.39. The highest BCUT2D eigenvalue weighted by atomic mass is 16.2. The van der Waals surface area contributed by atoms with E-state index in [1.807, 2.05) is 13.0 Å². The standard InChI is InChI=1S/C11H13N3O2/c1-7-3-2-4-9(12-7)14-11(16)10(15)13-8-5-6-8/h2-4,8H,5-6H2,1H3,(H,13,15)(H,12,14,16). The first-order valence-electron chi connectivity index (χ1n) is 5.20. The van der Waals surface area contributed by atoms with Crippen molar-refractivity contribution in [1.29, 1.82) is 0 Å². The smallest absolute Gasteiger partial charge is 0.314 e. The van der Waals surface area contributed by atoms with E-state index in [9.17, 15) is 9.59 Å². The fourth-order valence-electron chi connectivity index (χ4n) is 1.26. The predicted molar refractivity (Wildman–Crippen MR) is 58.8 cm³/mol. The van der Waals surface area contributed by atoms with Crippen LogP contribution in [0.2, 0.25) is 0 Å². The maximum Gasteiger partial charge on any atom is 0.314 e. The molecule has 2 N–H and O–H groups in total. The van der Waals surface area contributed by atoms with Gasteiger partial charge in [0, 0.05) is 11.7 Å². The number of nitrogens with one attached hydrogen (secondary N) is 2. The molecular formula is C11H13N3O2. The summed E-state index contributed by atoms with van der Waals surface area (Å²) in [6.07, 6.45) is 1.92. The Bertz CT molecular complexity index is 427. The zero-order chi connectivity index (χ0) is 11.5. The van der Waals surface area contributed by atoms with Gasteiger partial charge in [-0.05, 0) is 31.9 Å². The molecule has 5 heteroatoms. The minimum Gasteiger partial charge on any atom is -0.345 e. The van der Waals surface area contributed by atoms with Crippen molar-refractivity contribution in [3.63, 3.8) is 0 Å². The highest BCUT2D eigenvalue weighted by Gasteiger charge is 2.26. The van der Waals surface area contributed by atoms with E-state index in [1.165, 1.54) is 0 Å². The van der Waals surface area contributed by atoms with E-state index < -0.39 is 11.8 Å². The molecule has 1 fully saturated rings. The number of hydrogen-bond donors (Lipinski definition) is 2. The number of aryl methyl sites for hydroxylation is 1. The molecule has 1 aliphatic carbocycles. The molecule has 16 heavy (non-hydrogen) atoms. The lowest BCUT2D eigenvalue weighted by Crippen LogP contribution is -2.36. The summed E-state index contributed by atoms with van der Waals surface area (Å²) in [5.41, 5.74) is 0.792. The number of aromatic nitrogens is 1. The van der Waals surface area contributed by atoms with Crippen LogP contribution in [-0.4, -0.2) is 22.8 Å². The fourth-order valence-corrected chi connectivity index (χ4v) is 1.26. The first-order valence-corrected chi connectivity index (χ1v) is 5.20. The molecule has 1 aromatic heterocycles. The van der Waals surface area contributed by atoms with Gasteiger partial charge in [-0.3, -0.25) is 9.59 Å². The summed E-state index contributed by atoms with van der Waals surface area (Å²) in [6.45, 7) is 1.82. The molecule has 1 aromatic rings. The van der Waals surface area contributed by atoms with Gasteiger partial charge < -0.3 is 10.6 Å². The summed E-state index contributed by atoms with van der Waals surface area (Å²) < 4.78 is 0. The molecule has 0 aromatic carbocycles. The molecule has 5 nitrogen and oxygen atoms in total. The molecule has 2 amide bonds. The number of rotatable bonds is 2. The quantitative estimate of drug-likeness (QED) is 0.716. The third-order valence-electron chi connectivity index (χ3n) is 2.25. The van der Waals surface area contributed by atoms with Gasteiger partial charge in [0.15, 0.2) is 0 Å². The molecule has 0 radical (unpaired) electrons. The van der Waals surface area contributed by atoms with E-state index in [4.69, 9.17) is 0 Å². The van der Waals surface area contributed by atoms with Crippen molar-refractivity contribution in [3.05, 3.63) is 23.9 Å². The number of carbonyl (C=O) groups is 2. The molecule has 1 saturated carbocycles. The molecular weight excluding hydrogens is 206 g/mol. The number of anilines is 1. The van der Waals surface area contributed by atoms with Gasteiger partial charge in [-0.2, -0.15) is 0 Å². The molecule has 0 spiro atoms. The molecule has 0 bridgehead atoms. The van der Waals surface area contributed by atoms with Crippen LogP contribution in [0.4, 0.5) is 5.82 Å². The third-order valence-corrected chi connectivity index (χ3v) is 2.25. The van der Waals surface area contributed by atoms with Gasteiger partial charge in [-0.15, -0.1) is 0 Å². The Balaban J connectivity index is 1.93. The second-order valence-corrected chi connectivity index (χ2v) is 3.87. The fraction of sp³-hybridized carbons (Fsp3) is 0.364.